The maximum atomic E-state index is 13.1. The number of piperidine rings is 1. The molecule has 0 aliphatic carbocycles. The van der Waals surface area contributed by atoms with Gasteiger partial charge in [-0.2, -0.15) is 13.2 Å². The van der Waals surface area contributed by atoms with Crippen molar-refractivity contribution in [3.05, 3.63) is 53.6 Å². The third-order valence-corrected chi connectivity index (χ3v) is 5.90. The molecule has 4 atom stereocenters. The molecule has 0 aromatic heterocycles. The van der Waals surface area contributed by atoms with Gasteiger partial charge >= 0.3 is 6.18 Å². The lowest BCUT2D eigenvalue weighted by molar-refractivity contribution is -0.144. The highest BCUT2D eigenvalue weighted by Crippen LogP contribution is 2.32. The summed E-state index contributed by atoms with van der Waals surface area (Å²) in [6, 6.07) is 9.72. The molecule has 35 heavy (non-hydrogen) atoms. The van der Waals surface area contributed by atoms with Crippen LogP contribution in [0.1, 0.15) is 17.5 Å². The van der Waals surface area contributed by atoms with Gasteiger partial charge in [0.05, 0.1) is 36.4 Å². The van der Waals surface area contributed by atoms with Crippen LogP contribution in [0, 0.1) is 18.8 Å². The third kappa shape index (κ3) is 5.32. The van der Waals surface area contributed by atoms with Gasteiger partial charge in [-0.25, -0.2) is 0 Å². The highest BCUT2D eigenvalue weighted by molar-refractivity contribution is 6.01. The minimum atomic E-state index is -4.52. The molecule has 4 rings (SSSR count). The maximum Gasteiger partial charge on any atom is 0.416 e. The molecule has 2 aliphatic heterocycles. The molecule has 186 valence electrons. The molecule has 2 aromatic carbocycles. The van der Waals surface area contributed by atoms with Gasteiger partial charge in [-0.05, 0) is 42.8 Å². The van der Waals surface area contributed by atoms with E-state index >= 15 is 0 Å². The Morgan fingerprint density at radius 3 is 2.60 bits per heavy atom. The Morgan fingerprint density at radius 2 is 1.89 bits per heavy atom. The summed E-state index contributed by atoms with van der Waals surface area (Å²) in [5, 5.41) is 13.7. The van der Waals surface area contributed by atoms with Crippen LogP contribution in [0.4, 0.5) is 24.5 Å². The first-order valence-electron chi connectivity index (χ1n) is 10.8. The van der Waals surface area contributed by atoms with Crippen molar-refractivity contribution >= 4 is 29.1 Å². The fraction of sp³-hybridized carbons (Fsp3) is 0.348. The van der Waals surface area contributed by atoms with E-state index in [4.69, 9.17) is 4.74 Å². The molecule has 5 N–H and O–H groups in total. The van der Waals surface area contributed by atoms with Gasteiger partial charge in [-0.3, -0.25) is 19.7 Å². The van der Waals surface area contributed by atoms with Gasteiger partial charge in [0.15, 0.2) is 6.29 Å². The minimum absolute atomic E-state index is 0.110. The Kier molecular flexibility index (Phi) is 6.57. The summed E-state index contributed by atoms with van der Waals surface area (Å²) >= 11 is 0. The standard InChI is InChI=1S/C23H24F3N5O4/c1-11-6-7-16(35-2)15(8-11)28-20(33)14-10-17(32)29-19-18(14)21(34)31-22(30-19)27-13-5-3-4-12(9-13)23(24,25)26/h3-9,14,18-19,22,27,30H,10H2,1-2H3,(H,28,33)(H,29,32)(H,31,34). The molecule has 3 amide bonds. The smallest absolute Gasteiger partial charge is 0.416 e. The van der Waals surface area contributed by atoms with Gasteiger partial charge in [0.1, 0.15) is 5.75 Å². The lowest BCUT2D eigenvalue weighted by atomic mass is 9.81. The predicted molar refractivity (Wildman–Crippen MR) is 120 cm³/mol. The molecule has 12 heteroatoms. The van der Waals surface area contributed by atoms with Crippen molar-refractivity contribution in [3.63, 3.8) is 0 Å². The lowest BCUT2D eigenvalue weighted by Gasteiger charge is -2.43. The number of carbonyl (C=O) groups is 3. The van der Waals surface area contributed by atoms with E-state index in [-0.39, 0.29) is 12.1 Å². The molecule has 2 aliphatic rings. The summed E-state index contributed by atoms with van der Waals surface area (Å²) in [5.74, 6) is -3.00. The lowest BCUT2D eigenvalue weighted by Crippen LogP contribution is -2.72. The number of halogens is 3. The average Bonchev–Trinajstić information content (AvgIpc) is 2.78. The number of nitrogens with one attached hydrogen (secondary N) is 5. The fourth-order valence-corrected chi connectivity index (χ4v) is 4.25. The summed E-state index contributed by atoms with van der Waals surface area (Å²) < 4.78 is 44.3. The second kappa shape index (κ2) is 9.45. The van der Waals surface area contributed by atoms with E-state index in [0.717, 1.165) is 17.7 Å². The number of fused-ring (bicyclic) bond motifs is 1. The summed E-state index contributed by atoms with van der Waals surface area (Å²) in [7, 11) is 1.46. The highest BCUT2D eigenvalue weighted by atomic mass is 19.4. The Morgan fingerprint density at radius 1 is 1.11 bits per heavy atom. The zero-order valence-electron chi connectivity index (χ0n) is 18.8. The van der Waals surface area contributed by atoms with Crippen molar-refractivity contribution in [1.82, 2.24) is 16.0 Å². The highest BCUT2D eigenvalue weighted by Gasteiger charge is 2.48. The van der Waals surface area contributed by atoms with Crippen LogP contribution in [0.25, 0.3) is 0 Å². The molecule has 0 saturated carbocycles. The Balaban J connectivity index is 1.50. The summed E-state index contributed by atoms with van der Waals surface area (Å²) in [4.78, 5) is 38.5. The first kappa shape index (κ1) is 24.3. The number of benzene rings is 2. The van der Waals surface area contributed by atoms with Crippen molar-refractivity contribution in [2.24, 2.45) is 11.8 Å². The fourth-order valence-electron chi connectivity index (χ4n) is 4.25. The number of anilines is 2. The monoisotopic (exact) mass is 491 g/mol. The molecular weight excluding hydrogens is 467 g/mol. The van der Waals surface area contributed by atoms with Gasteiger partial charge in [-0.15, -0.1) is 0 Å². The van der Waals surface area contributed by atoms with Crippen LogP contribution in [-0.2, 0) is 20.6 Å². The number of amides is 3. The first-order valence-corrected chi connectivity index (χ1v) is 10.8. The van der Waals surface area contributed by atoms with Gasteiger partial charge in [-0.1, -0.05) is 12.1 Å². The first-order chi connectivity index (χ1) is 16.5. The van der Waals surface area contributed by atoms with Gasteiger partial charge in [0.2, 0.25) is 17.7 Å². The van der Waals surface area contributed by atoms with E-state index in [1.165, 1.54) is 19.2 Å². The van der Waals surface area contributed by atoms with Crippen molar-refractivity contribution < 1.29 is 32.3 Å². The van der Waals surface area contributed by atoms with E-state index in [1.807, 2.05) is 13.0 Å². The third-order valence-electron chi connectivity index (χ3n) is 5.90. The Labute approximate surface area is 198 Å². The predicted octanol–water partition coefficient (Wildman–Crippen LogP) is 2.15. The molecular formula is C23H24F3N5O4. The zero-order valence-corrected chi connectivity index (χ0v) is 18.8. The molecule has 4 unspecified atom stereocenters. The molecule has 2 heterocycles. The van der Waals surface area contributed by atoms with E-state index in [9.17, 15) is 27.6 Å². The van der Waals surface area contributed by atoms with Crippen LogP contribution in [0.2, 0.25) is 0 Å². The molecule has 2 fully saturated rings. The molecule has 0 spiro atoms. The number of hydrogen-bond acceptors (Lipinski definition) is 6. The Bertz CT molecular complexity index is 1160. The summed E-state index contributed by atoms with van der Waals surface area (Å²) in [5.41, 5.74) is 0.546. The normalized spacial score (nSPS) is 24.0. The molecule has 9 nitrogen and oxygen atoms in total. The summed E-state index contributed by atoms with van der Waals surface area (Å²) in [6.45, 7) is 1.84. The van der Waals surface area contributed by atoms with Crippen LogP contribution in [0.3, 0.4) is 0 Å². The molecule has 0 radical (unpaired) electrons. The number of rotatable bonds is 5. The van der Waals surface area contributed by atoms with Crippen molar-refractivity contribution in [1.29, 1.82) is 0 Å². The number of methoxy groups -OCH3 is 1. The number of hydrogen-bond donors (Lipinski definition) is 5. The van der Waals surface area contributed by atoms with Crippen LogP contribution in [0.15, 0.2) is 42.5 Å². The molecule has 2 saturated heterocycles. The number of ether oxygens (including phenoxy) is 1. The average molecular weight is 491 g/mol. The van der Waals surface area contributed by atoms with Crippen LogP contribution in [0.5, 0.6) is 5.75 Å². The quantitative estimate of drug-likeness (QED) is 0.437. The topological polar surface area (TPSA) is 121 Å². The summed E-state index contributed by atoms with van der Waals surface area (Å²) in [6.07, 6.45) is -6.62. The molecule has 2 aromatic rings. The van der Waals surface area contributed by atoms with Crippen molar-refractivity contribution in [2.45, 2.75) is 32.0 Å². The van der Waals surface area contributed by atoms with Gasteiger partial charge in [0, 0.05) is 12.1 Å². The van der Waals surface area contributed by atoms with Crippen molar-refractivity contribution in [2.75, 3.05) is 17.7 Å². The second-order valence-electron chi connectivity index (χ2n) is 8.41. The number of carbonyl (C=O) groups excluding carboxylic acids is 3. The second-order valence-corrected chi connectivity index (χ2v) is 8.41. The van der Waals surface area contributed by atoms with Crippen LogP contribution in [-0.4, -0.2) is 37.3 Å². The zero-order chi connectivity index (χ0) is 25.3. The molecule has 0 bridgehead atoms. The minimum Gasteiger partial charge on any atom is -0.495 e. The van der Waals surface area contributed by atoms with E-state index in [1.54, 1.807) is 12.1 Å². The van der Waals surface area contributed by atoms with Crippen LogP contribution < -0.4 is 31.3 Å². The van der Waals surface area contributed by atoms with E-state index in [0.29, 0.717) is 11.4 Å². The maximum absolute atomic E-state index is 13.1. The largest absolute Gasteiger partial charge is 0.495 e. The number of aryl methyl sites for hydroxylation is 1. The Hall–Kier alpha value is -3.80. The SMILES string of the molecule is COc1ccc(C)cc1NC(=O)C1CC(=O)NC2NC(Nc3cccc(C(F)(F)F)c3)NC(=O)C21. The van der Waals surface area contributed by atoms with Gasteiger partial charge < -0.3 is 26.0 Å². The van der Waals surface area contributed by atoms with E-state index in [2.05, 4.69) is 26.6 Å². The van der Waals surface area contributed by atoms with Crippen molar-refractivity contribution in [3.8, 4) is 5.75 Å². The number of alkyl halides is 3. The van der Waals surface area contributed by atoms with Crippen LogP contribution >= 0.6 is 0 Å². The van der Waals surface area contributed by atoms with E-state index < -0.39 is 53.8 Å². The van der Waals surface area contributed by atoms with Gasteiger partial charge in [0.25, 0.3) is 0 Å².